The molecule has 2 rings (SSSR count). The van der Waals surface area contributed by atoms with Crippen molar-refractivity contribution in [2.24, 2.45) is 5.73 Å². The van der Waals surface area contributed by atoms with Gasteiger partial charge in [-0.25, -0.2) is 0 Å². The van der Waals surface area contributed by atoms with Crippen molar-refractivity contribution in [3.63, 3.8) is 0 Å². The van der Waals surface area contributed by atoms with Gasteiger partial charge in [-0.05, 0) is 43.7 Å². The lowest BCUT2D eigenvalue weighted by Crippen LogP contribution is -2.54. The molecule has 98 valence electrons. The molecule has 3 heteroatoms. The van der Waals surface area contributed by atoms with Crippen molar-refractivity contribution in [1.29, 1.82) is 0 Å². The Kier molecular flexibility index (Phi) is 3.71. The summed E-state index contributed by atoms with van der Waals surface area (Å²) in [4.78, 5) is 12.0. The van der Waals surface area contributed by atoms with Gasteiger partial charge in [-0.3, -0.25) is 4.79 Å². The number of benzene rings is 1. The molecular weight excluding hydrogens is 224 g/mol. The average Bonchev–Trinajstić information content (AvgIpc) is 2.38. The first-order chi connectivity index (χ1) is 8.53. The predicted molar refractivity (Wildman–Crippen MR) is 73.3 cm³/mol. The monoisotopic (exact) mass is 246 g/mol. The molecule has 0 heterocycles. The zero-order valence-corrected chi connectivity index (χ0v) is 11.2. The van der Waals surface area contributed by atoms with E-state index in [2.05, 4.69) is 29.6 Å². The lowest BCUT2D eigenvalue weighted by molar-refractivity contribution is -0.126. The van der Waals surface area contributed by atoms with Gasteiger partial charge in [-0.1, -0.05) is 31.2 Å². The van der Waals surface area contributed by atoms with Gasteiger partial charge in [0, 0.05) is 6.04 Å². The Morgan fingerprint density at radius 2 is 2.11 bits per heavy atom. The zero-order chi connectivity index (χ0) is 13.2. The molecule has 0 bridgehead atoms. The maximum absolute atomic E-state index is 12.0. The first kappa shape index (κ1) is 13.1. The molecule has 1 aromatic carbocycles. The molecule has 0 saturated carbocycles. The van der Waals surface area contributed by atoms with Crippen LogP contribution >= 0.6 is 0 Å². The Labute approximate surface area is 109 Å². The number of aryl methyl sites for hydroxylation is 1. The van der Waals surface area contributed by atoms with Gasteiger partial charge in [0.1, 0.15) is 0 Å². The average molecular weight is 246 g/mol. The van der Waals surface area contributed by atoms with Crippen molar-refractivity contribution in [2.45, 2.75) is 51.1 Å². The number of nitrogens with one attached hydrogen (secondary N) is 1. The van der Waals surface area contributed by atoms with Crippen LogP contribution in [0.4, 0.5) is 0 Å². The summed E-state index contributed by atoms with van der Waals surface area (Å²) in [5.74, 6) is -0.0330. The van der Waals surface area contributed by atoms with Crippen LogP contribution in [0.2, 0.25) is 0 Å². The lowest BCUT2D eigenvalue weighted by Gasteiger charge is -2.29. The summed E-state index contributed by atoms with van der Waals surface area (Å²) >= 11 is 0. The van der Waals surface area contributed by atoms with E-state index in [0.717, 1.165) is 19.3 Å². The Hall–Kier alpha value is -1.35. The second-order valence-corrected chi connectivity index (χ2v) is 5.45. The fraction of sp³-hybridized carbons (Fsp3) is 0.533. The van der Waals surface area contributed by atoms with Crippen LogP contribution in [0.5, 0.6) is 0 Å². The second kappa shape index (κ2) is 5.11. The van der Waals surface area contributed by atoms with Gasteiger partial charge in [0.2, 0.25) is 5.91 Å². The Bertz CT molecular complexity index is 440. The van der Waals surface area contributed by atoms with Crippen LogP contribution in [0.25, 0.3) is 0 Å². The minimum absolute atomic E-state index is 0.0330. The summed E-state index contributed by atoms with van der Waals surface area (Å²) in [5, 5.41) is 3.09. The SMILES string of the molecule is CCC(C)(N)C(=O)NC1CCc2ccccc2C1. The third kappa shape index (κ3) is 2.72. The number of nitrogens with two attached hydrogens (primary N) is 1. The van der Waals surface area contributed by atoms with Crippen molar-refractivity contribution in [2.75, 3.05) is 0 Å². The summed E-state index contributed by atoms with van der Waals surface area (Å²) in [5.41, 5.74) is 7.97. The summed E-state index contributed by atoms with van der Waals surface area (Å²) in [6, 6.07) is 8.68. The van der Waals surface area contributed by atoms with Crippen LogP contribution in [0, 0.1) is 0 Å². The van der Waals surface area contributed by atoms with Crippen LogP contribution in [0.15, 0.2) is 24.3 Å². The van der Waals surface area contributed by atoms with E-state index in [1.807, 2.05) is 6.92 Å². The lowest BCUT2D eigenvalue weighted by atomic mass is 9.87. The Morgan fingerprint density at radius 3 is 2.78 bits per heavy atom. The van der Waals surface area contributed by atoms with Gasteiger partial charge in [0.25, 0.3) is 0 Å². The van der Waals surface area contributed by atoms with E-state index in [4.69, 9.17) is 5.73 Å². The van der Waals surface area contributed by atoms with Crippen LogP contribution in [0.1, 0.15) is 37.8 Å². The van der Waals surface area contributed by atoms with E-state index >= 15 is 0 Å². The van der Waals surface area contributed by atoms with E-state index in [-0.39, 0.29) is 11.9 Å². The summed E-state index contributed by atoms with van der Waals surface area (Å²) in [6.45, 7) is 3.73. The molecule has 3 nitrogen and oxygen atoms in total. The summed E-state index contributed by atoms with van der Waals surface area (Å²) < 4.78 is 0. The quantitative estimate of drug-likeness (QED) is 0.854. The van der Waals surface area contributed by atoms with Crippen LogP contribution in [-0.4, -0.2) is 17.5 Å². The first-order valence-corrected chi connectivity index (χ1v) is 6.69. The fourth-order valence-corrected chi connectivity index (χ4v) is 2.33. The van der Waals surface area contributed by atoms with Gasteiger partial charge < -0.3 is 11.1 Å². The molecule has 18 heavy (non-hydrogen) atoms. The minimum atomic E-state index is -0.753. The number of amides is 1. The molecule has 0 aromatic heterocycles. The van der Waals surface area contributed by atoms with Gasteiger partial charge in [-0.15, -0.1) is 0 Å². The number of carbonyl (C=O) groups excluding carboxylic acids is 1. The highest BCUT2D eigenvalue weighted by molar-refractivity contribution is 5.85. The van der Waals surface area contributed by atoms with Gasteiger partial charge >= 0.3 is 0 Å². The van der Waals surface area contributed by atoms with Crippen LogP contribution in [-0.2, 0) is 17.6 Å². The van der Waals surface area contributed by atoms with Crippen molar-refractivity contribution in [3.05, 3.63) is 35.4 Å². The zero-order valence-electron chi connectivity index (χ0n) is 11.2. The molecule has 1 aliphatic rings. The standard InChI is InChI=1S/C15H22N2O/c1-3-15(2,16)14(18)17-13-9-8-11-6-4-5-7-12(11)10-13/h4-7,13H,3,8-10,16H2,1-2H3,(H,17,18). The second-order valence-electron chi connectivity index (χ2n) is 5.45. The molecule has 0 fully saturated rings. The van der Waals surface area contributed by atoms with E-state index in [0.29, 0.717) is 6.42 Å². The smallest absolute Gasteiger partial charge is 0.240 e. The first-order valence-electron chi connectivity index (χ1n) is 6.69. The Balaban J connectivity index is 2.00. The van der Waals surface area contributed by atoms with Crippen molar-refractivity contribution < 1.29 is 4.79 Å². The molecule has 2 atom stereocenters. The molecule has 1 aromatic rings. The van der Waals surface area contributed by atoms with Gasteiger partial charge in [-0.2, -0.15) is 0 Å². The molecule has 0 aliphatic heterocycles. The molecule has 2 unspecified atom stereocenters. The van der Waals surface area contributed by atoms with Crippen molar-refractivity contribution in [1.82, 2.24) is 5.32 Å². The third-order valence-corrected chi connectivity index (χ3v) is 3.94. The van der Waals surface area contributed by atoms with E-state index < -0.39 is 5.54 Å². The minimum Gasteiger partial charge on any atom is -0.351 e. The maximum atomic E-state index is 12.0. The topological polar surface area (TPSA) is 55.1 Å². The number of hydrogen-bond acceptors (Lipinski definition) is 2. The van der Waals surface area contributed by atoms with Crippen LogP contribution < -0.4 is 11.1 Å². The summed E-state index contributed by atoms with van der Waals surface area (Å²) in [7, 11) is 0. The molecule has 1 amide bonds. The van der Waals surface area contributed by atoms with Gasteiger partial charge in [0.05, 0.1) is 5.54 Å². The largest absolute Gasteiger partial charge is 0.351 e. The van der Waals surface area contributed by atoms with Crippen molar-refractivity contribution >= 4 is 5.91 Å². The number of fused-ring (bicyclic) bond motifs is 1. The van der Waals surface area contributed by atoms with Crippen molar-refractivity contribution in [3.8, 4) is 0 Å². The van der Waals surface area contributed by atoms with E-state index in [1.54, 1.807) is 6.92 Å². The molecule has 1 aliphatic carbocycles. The molecule has 3 N–H and O–H groups in total. The number of hydrogen-bond donors (Lipinski definition) is 2. The number of carbonyl (C=O) groups is 1. The third-order valence-electron chi connectivity index (χ3n) is 3.94. The highest BCUT2D eigenvalue weighted by Crippen LogP contribution is 2.21. The normalized spacial score (nSPS) is 21.8. The highest BCUT2D eigenvalue weighted by atomic mass is 16.2. The maximum Gasteiger partial charge on any atom is 0.240 e. The molecule has 0 saturated heterocycles. The fourth-order valence-electron chi connectivity index (χ4n) is 2.33. The van der Waals surface area contributed by atoms with Crippen LogP contribution in [0.3, 0.4) is 0 Å². The molecule has 0 radical (unpaired) electrons. The van der Waals surface area contributed by atoms with Gasteiger partial charge in [0.15, 0.2) is 0 Å². The molecule has 0 spiro atoms. The number of rotatable bonds is 3. The van der Waals surface area contributed by atoms with E-state index in [1.165, 1.54) is 11.1 Å². The highest BCUT2D eigenvalue weighted by Gasteiger charge is 2.29. The molecular formula is C15H22N2O. The Morgan fingerprint density at radius 1 is 1.44 bits per heavy atom. The summed E-state index contributed by atoms with van der Waals surface area (Å²) in [6.07, 6.45) is 3.61. The van der Waals surface area contributed by atoms with E-state index in [9.17, 15) is 4.79 Å². The predicted octanol–water partition coefficient (Wildman–Crippen LogP) is 1.79.